The van der Waals surface area contributed by atoms with Crippen LogP contribution in [0.1, 0.15) is 18.4 Å². The van der Waals surface area contributed by atoms with Gasteiger partial charge in [0.2, 0.25) is 5.89 Å². The first-order chi connectivity index (χ1) is 15.0. The van der Waals surface area contributed by atoms with E-state index in [1.54, 1.807) is 42.6 Å². The number of nitrogens with zero attached hydrogens (tertiary/aromatic N) is 2. The van der Waals surface area contributed by atoms with E-state index < -0.39 is 10.0 Å². The summed E-state index contributed by atoms with van der Waals surface area (Å²) in [6.07, 6.45) is 0. The van der Waals surface area contributed by atoms with Gasteiger partial charge in [-0.05, 0) is 49.6 Å². The molecule has 4 aromatic rings. The molecule has 0 spiro atoms. The molecule has 0 radical (unpaired) electrons. The molecule has 0 atom stereocenters. The number of aryl methyl sites for hydroxylation is 1. The maximum absolute atomic E-state index is 13.6. The first kappa shape index (κ1) is 21.1. The average Bonchev–Trinajstić information content (AvgIpc) is 3.44. The Labute approximate surface area is 185 Å². The summed E-state index contributed by atoms with van der Waals surface area (Å²) in [7, 11) is -3.83. The molecule has 31 heavy (non-hydrogen) atoms. The second-order valence-corrected chi connectivity index (χ2v) is 9.77. The van der Waals surface area contributed by atoms with Gasteiger partial charge in [0.15, 0.2) is 0 Å². The van der Waals surface area contributed by atoms with Crippen molar-refractivity contribution < 1.29 is 17.6 Å². The van der Waals surface area contributed by atoms with Crippen molar-refractivity contribution in [2.45, 2.75) is 24.6 Å². The molecule has 0 bridgehead atoms. The number of anilines is 1. The highest BCUT2D eigenvalue weighted by molar-refractivity contribution is 7.94. The second kappa shape index (κ2) is 8.95. The lowest BCUT2D eigenvalue weighted by atomic mass is 10.2. The fourth-order valence-corrected chi connectivity index (χ4v) is 5.72. The number of hydrogen-bond donors (Lipinski definition) is 0. The summed E-state index contributed by atoms with van der Waals surface area (Å²) >= 11 is 1.17. The summed E-state index contributed by atoms with van der Waals surface area (Å²) < 4.78 is 40.3. The van der Waals surface area contributed by atoms with Crippen LogP contribution in [0.3, 0.4) is 0 Å². The molecule has 2 aromatic carbocycles. The van der Waals surface area contributed by atoms with Crippen LogP contribution in [0.5, 0.6) is 5.75 Å². The van der Waals surface area contributed by atoms with Crippen LogP contribution in [-0.2, 0) is 16.6 Å². The van der Waals surface area contributed by atoms with Crippen LogP contribution in [0.2, 0.25) is 0 Å². The number of rotatable bonds is 8. The third-order valence-electron chi connectivity index (χ3n) is 4.68. The molecule has 160 valence electrons. The van der Waals surface area contributed by atoms with Gasteiger partial charge < -0.3 is 9.15 Å². The maximum atomic E-state index is 13.6. The van der Waals surface area contributed by atoms with Crippen molar-refractivity contribution in [3.05, 3.63) is 83.6 Å². The minimum absolute atomic E-state index is 0.0203. The minimum atomic E-state index is -3.83. The standard InChI is InChI=1S/C23H22N2O4S2/c1-3-28-21-13-8-7-12-20(21)25(31(26,27)22-14-9-15-30-22)16-19-17(2)29-23(24-19)18-10-5-4-6-11-18/h4-15H,3,16H2,1-2H3. The van der Waals surface area contributed by atoms with Crippen LogP contribution >= 0.6 is 11.3 Å². The molecule has 4 rings (SSSR count). The van der Waals surface area contributed by atoms with Crippen LogP contribution in [0.15, 0.2) is 80.7 Å². The molecule has 0 fully saturated rings. The highest BCUT2D eigenvalue weighted by Crippen LogP contribution is 2.35. The molecule has 0 amide bonds. The molecule has 8 heteroatoms. The highest BCUT2D eigenvalue weighted by Gasteiger charge is 2.30. The molecule has 0 N–H and O–H groups in total. The van der Waals surface area contributed by atoms with Crippen LogP contribution in [0, 0.1) is 6.92 Å². The van der Waals surface area contributed by atoms with Gasteiger partial charge in [0, 0.05) is 5.56 Å². The molecular formula is C23H22N2O4S2. The van der Waals surface area contributed by atoms with E-state index in [9.17, 15) is 8.42 Å². The number of ether oxygens (including phenoxy) is 1. The number of oxazole rings is 1. The zero-order valence-corrected chi connectivity index (χ0v) is 18.8. The fourth-order valence-electron chi connectivity index (χ4n) is 3.17. The van der Waals surface area contributed by atoms with Gasteiger partial charge in [-0.2, -0.15) is 0 Å². The molecule has 0 saturated carbocycles. The highest BCUT2D eigenvalue weighted by atomic mass is 32.2. The van der Waals surface area contributed by atoms with E-state index >= 15 is 0 Å². The van der Waals surface area contributed by atoms with Crippen molar-refractivity contribution >= 4 is 27.0 Å². The van der Waals surface area contributed by atoms with E-state index in [2.05, 4.69) is 4.98 Å². The quantitative estimate of drug-likeness (QED) is 0.351. The van der Waals surface area contributed by atoms with Crippen molar-refractivity contribution in [2.75, 3.05) is 10.9 Å². The van der Waals surface area contributed by atoms with Gasteiger partial charge in [-0.25, -0.2) is 13.4 Å². The molecule has 0 aliphatic heterocycles. The summed E-state index contributed by atoms with van der Waals surface area (Å²) in [5.41, 5.74) is 1.84. The smallest absolute Gasteiger partial charge is 0.274 e. The number of benzene rings is 2. The topological polar surface area (TPSA) is 72.6 Å². The van der Waals surface area contributed by atoms with Crippen LogP contribution < -0.4 is 9.04 Å². The van der Waals surface area contributed by atoms with E-state index in [0.717, 1.165) is 5.56 Å². The van der Waals surface area contributed by atoms with Gasteiger partial charge in [-0.1, -0.05) is 36.4 Å². The maximum Gasteiger partial charge on any atom is 0.274 e. The Hall–Kier alpha value is -3.10. The predicted octanol–water partition coefficient (Wildman–Crippen LogP) is 5.51. The molecular weight excluding hydrogens is 432 g/mol. The summed E-state index contributed by atoms with van der Waals surface area (Å²) in [6.45, 7) is 4.10. The third-order valence-corrected chi connectivity index (χ3v) is 7.81. The van der Waals surface area contributed by atoms with Gasteiger partial charge in [0.25, 0.3) is 10.0 Å². The number of thiophene rings is 1. The Morgan fingerprint density at radius 2 is 1.77 bits per heavy atom. The largest absolute Gasteiger partial charge is 0.492 e. The molecule has 0 unspecified atom stereocenters. The third kappa shape index (κ3) is 4.35. The lowest BCUT2D eigenvalue weighted by Gasteiger charge is -2.25. The molecule has 0 saturated heterocycles. The Balaban J connectivity index is 1.79. The van der Waals surface area contributed by atoms with E-state index in [4.69, 9.17) is 9.15 Å². The van der Waals surface area contributed by atoms with Crippen molar-refractivity contribution in [2.24, 2.45) is 0 Å². The fraction of sp³-hybridized carbons (Fsp3) is 0.174. The van der Waals surface area contributed by atoms with Crippen molar-refractivity contribution in [1.82, 2.24) is 4.98 Å². The Kier molecular flexibility index (Phi) is 6.11. The van der Waals surface area contributed by atoms with E-state index in [1.165, 1.54) is 15.6 Å². The number of hydrogen-bond acceptors (Lipinski definition) is 6. The molecule has 0 aliphatic carbocycles. The summed E-state index contributed by atoms with van der Waals surface area (Å²) in [5.74, 6) is 1.52. The zero-order valence-electron chi connectivity index (χ0n) is 17.2. The van der Waals surface area contributed by atoms with E-state index in [1.807, 2.05) is 43.3 Å². The molecule has 2 aromatic heterocycles. The van der Waals surface area contributed by atoms with Gasteiger partial charge in [-0.3, -0.25) is 4.31 Å². The van der Waals surface area contributed by atoms with E-state index in [0.29, 0.717) is 35.4 Å². The molecule has 0 aliphatic rings. The molecule has 6 nitrogen and oxygen atoms in total. The van der Waals surface area contributed by atoms with Crippen LogP contribution in [0.25, 0.3) is 11.5 Å². The van der Waals surface area contributed by atoms with Crippen LogP contribution in [-0.4, -0.2) is 20.0 Å². The van der Waals surface area contributed by atoms with Crippen LogP contribution in [0.4, 0.5) is 5.69 Å². The normalized spacial score (nSPS) is 11.4. The average molecular weight is 455 g/mol. The van der Waals surface area contributed by atoms with Gasteiger partial charge >= 0.3 is 0 Å². The molecule has 2 heterocycles. The van der Waals surface area contributed by atoms with Gasteiger partial charge in [0.05, 0.1) is 18.8 Å². The van der Waals surface area contributed by atoms with Crippen molar-refractivity contribution in [1.29, 1.82) is 0 Å². The Morgan fingerprint density at radius 3 is 2.48 bits per heavy atom. The zero-order chi connectivity index (χ0) is 21.8. The number of sulfonamides is 1. The summed E-state index contributed by atoms with van der Waals surface area (Å²) in [5, 5.41) is 1.74. The number of para-hydroxylation sites is 2. The lowest BCUT2D eigenvalue weighted by molar-refractivity contribution is 0.341. The van der Waals surface area contributed by atoms with Crippen molar-refractivity contribution in [3.8, 4) is 17.2 Å². The number of aromatic nitrogens is 1. The summed E-state index contributed by atoms with van der Waals surface area (Å²) in [4.78, 5) is 4.61. The predicted molar refractivity (Wildman–Crippen MR) is 122 cm³/mol. The first-order valence-electron chi connectivity index (χ1n) is 9.80. The SMILES string of the molecule is CCOc1ccccc1N(Cc1nc(-c2ccccc2)oc1C)S(=O)(=O)c1cccs1. The van der Waals surface area contributed by atoms with E-state index in [-0.39, 0.29) is 10.8 Å². The van der Waals surface area contributed by atoms with Gasteiger partial charge in [0.1, 0.15) is 21.4 Å². The minimum Gasteiger partial charge on any atom is -0.492 e. The van der Waals surface area contributed by atoms with Crippen molar-refractivity contribution in [3.63, 3.8) is 0 Å². The first-order valence-corrected chi connectivity index (χ1v) is 12.1. The summed E-state index contributed by atoms with van der Waals surface area (Å²) in [6, 6.07) is 20.0. The monoisotopic (exact) mass is 454 g/mol. The Bertz CT molecular complexity index is 1250. The Morgan fingerprint density at radius 1 is 1.03 bits per heavy atom. The second-order valence-electron chi connectivity index (χ2n) is 6.73. The lowest BCUT2D eigenvalue weighted by Crippen LogP contribution is -2.31. The van der Waals surface area contributed by atoms with Gasteiger partial charge in [-0.15, -0.1) is 11.3 Å².